The molecule has 5 heteroatoms. The van der Waals surface area contributed by atoms with E-state index in [1.807, 2.05) is 31.9 Å². The van der Waals surface area contributed by atoms with Crippen LogP contribution in [0.15, 0.2) is 41.8 Å². The van der Waals surface area contributed by atoms with Gasteiger partial charge in [0.2, 0.25) is 0 Å². The number of nitrogens with zero attached hydrogens (tertiary/aromatic N) is 4. The Morgan fingerprint density at radius 3 is 2.65 bits per heavy atom. The zero-order valence-corrected chi connectivity index (χ0v) is 12.7. The second-order valence-corrected chi connectivity index (χ2v) is 5.05. The van der Waals surface area contributed by atoms with Crippen molar-refractivity contribution >= 4 is 5.96 Å². The Hall–Kier alpha value is -2.17. The molecule has 0 amide bonds. The van der Waals surface area contributed by atoms with Gasteiger partial charge in [0.1, 0.15) is 0 Å². The van der Waals surface area contributed by atoms with Crippen LogP contribution in [0.3, 0.4) is 0 Å². The molecule has 2 rings (SSSR count). The van der Waals surface area contributed by atoms with Crippen molar-refractivity contribution < 1.29 is 0 Å². The van der Waals surface area contributed by atoms with Crippen LogP contribution in [0.25, 0.3) is 0 Å². The fourth-order valence-electron chi connectivity index (χ4n) is 2.21. The van der Waals surface area contributed by atoms with Crippen LogP contribution in [-0.2, 0) is 27.2 Å². The summed E-state index contributed by atoms with van der Waals surface area (Å²) in [7, 11) is 7.95. The Labute approximate surface area is 120 Å². The standard InChI is InChI=1S/C15H23N5/c1-16-15(17-10-13-7-9-18(2)11-13)20(4)12-14-6-5-8-19(14)3/h5-9,11H,10,12H2,1-4H3,(H,16,17). The van der Waals surface area contributed by atoms with Crippen molar-refractivity contribution in [2.75, 3.05) is 14.1 Å². The Kier molecular flexibility index (Phi) is 4.50. The Morgan fingerprint density at radius 2 is 2.10 bits per heavy atom. The van der Waals surface area contributed by atoms with Crippen molar-refractivity contribution in [2.45, 2.75) is 13.1 Å². The van der Waals surface area contributed by atoms with E-state index in [1.165, 1.54) is 11.3 Å². The van der Waals surface area contributed by atoms with Gasteiger partial charge in [0, 0.05) is 59.0 Å². The summed E-state index contributed by atoms with van der Waals surface area (Å²) in [6, 6.07) is 6.29. The first kappa shape index (κ1) is 14.2. The van der Waals surface area contributed by atoms with Crippen molar-refractivity contribution in [2.24, 2.45) is 19.1 Å². The van der Waals surface area contributed by atoms with Crippen LogP contribution >= 0.6 is 0 Å². The van der Waals surface area contributed by atoms with E-state index in [1.54, 1.807) is 0 Å². The Bertz CT molecular complexity index is 579. The molecule has 108 valence electrons. The molecule has 0 aromatic carbocycles. The van der Waals surface area contributed by atoms with Crippen molar-refractivity contribution in [1.29, 1.82) is 0 Å². The van der Waals surface area contributed by atoms with Gasteiger partial charge in [0.05, 0.1) is 6.54 Å². The molecular formula is C15H23N5. The zero-order valence-electron chi connectivity index (χ0n) is 12.7. The van der Waals surface area contributed by atoms with Gasteiger partial charge in [-0.05, 0) is 23.8 Å². The third kappa shape index (κ3) is 3.44. The van der Waals surface area contributed by atoms with E-state index in [4.69, 9.17) is 0 Å². The number of hydrogen-bond acceptors (Lipinski definition) is 1. The summed E-state index contributed by atoms with van der Waals surface area (Å²) >= 11 is 0. The van der Waals surface area contributed by atoms with Crippen LogP contribution in [0, 0.1) is 0 Å². The Balaban J connectivity index is 1.93. The summed E-state index contributed by atoms with van der Waals surface area (Å²) in [5.41, 5.74) is 2.51. The normalized spacial score (nSPS) is 11.7. The van der Waals surface area contributed by atoms with Gasteiger partial charge >= 0.3 is 0 Å². The molecule has 0 atom stereocenters. The van der Waals surface area contributed by atoms with Crippen LogP contribution in [0.5, 0.6) is 0 Å². The molecule has 2 aromatic rings. The van der Waals surface area contributed by atoms with Crippen LogP contribution in [0.1, 0.15) is 11.3 Å². The van der Waals surface area contributed by atoms with Gasteiger partial charge in [-0.25, -0.2) is 0 Å². The first-order valence-corrected chi connectivity index (χ1v) is 6.73. The summed E-state index contributed by atoms with van der Waals surface area (Å²) in [5, 5.41) is 3.38. The maximum Gasteiger partial charge on any atom is 0.194 e. The fourth-order valence-corrected chi connectivity index (χ4v) is 2.21. The molecule has 0 bridgehead atoms. The highest BCUT2D eigenvalue weighted by molar-refractivity contribution is 5.79. The van der Waals surface area contributed by atoms with Gasteiger partial charge in [0.15, 0.2) is 5.96 Å². The summed E-state index contributed by atoms with van der Waals surface area (Å²) in [4.78, 5) is 6.46. The molecule has 0 fully saturated rings. The summed E-state index contributed by atoms with van der Waals surface area (Å²) < 4.78 is 4.18. The molecule has 0 saturated heterocycles. The molecule has 0 saturated carbocycles. The van der Waals surface area contributed by atoms with Gasteiger partial charge in [-0.3, -0.25) is 4.99 Å². The van der Waals surface area contributed by atoms with Crippen LogP contribution in [0.4, 0.5) is 0 Å². The molecule has 0 unspecified atom stereocenters. The van der Waals surface area contributed by atoms with E-state index in [2.05, 4.69) is 57.4 Å². The lowest BCUT2D eigenvalue weighted by Gasteiger charge is -2.22. The summed E-state index contributed by atoms with van der Waals surface area (Å²) in [5.74, 6) is 0.898. The third-order valence-electron chi connectivity index (χ3n) is 3.37. The summed E-state index contributed by atoms with van der Waals surface area (Å²) in [6.45, 7) is 1.61. The smallest absolute Gasteiger partial charge is 0.194 e. The fraction of sp³-hybridized carbons (Fsp3) is 0.400. The zero-order chi connectivity index (χ0) is 14.5. The van der Waals surface area contributed by atoms with Gasteiger partial charge in [0.25, 0.3) is 0 Å². The maximum absolute atomic E-state index is 4.34. The van der Waals surface area contributed by atoms with Crippen LogP contribution in [0.2, 0.25) is 0 Å². The van der Waals surface area contributed by atoms with Gasteiger partial charge in [-0.15, -0.1) is 0 Å². The molecule has 5 nitrogen and oxygen atoms in total. The van der Waals surface area contributed by atoms with Crippen molar-refractivity contribution in [3.8, 4) is 0 Å². The quantitative estimate of drug-likeness (QED) is 0.678. The molecule has 2 aromatic heterocycles. The van der Waals surface area contributed by atoms with Crippen LogP contribution in [-0.4, -0.2) is 34.1 Å². The molecule has 20 heavy (non-hydrogen) atoms. The molecule has 0 aliphatic rings. The average Bonchev–Trinajstić information content (AvgIpc) is 3.00. The highest BCUT2D eigenvalue weighted by atomic mass is 15.3. The van der Waals surface area contributed by atoms with Crippen LogP contribution < -0.4 is 5.32 Å². The first-order valence-electron chi connectivity index (χ1n) is 6.73. The molecule has 2 heterocycles. The molecule has 0 aliphatic carbocycles. The van der Waals surface area contributed by atoms with E-state index >= 15 is 0 Å². The second kappa shape index (κ2) is 6.32. The topological polar surface area (TPSA) is 37.5 Å². The largest absolute Gasteiger partial charge is 0.357 e. The number of aromatic nitrogens is 2. The van der Waals surface area contributed by atoms with Crippen molar-refractivity contribution in [1.82, 2.24) is 19.4 Å². The van der Waals surface area contributed by atoms with Gasteiger partial charge in [-0.1, -0.05) is 0 Å². The highest BCUT2D eigenvalue weighted by Gasteiger charge is 2.08. The first-order chi connectivity index (χ1) is 9.60. The second-order valence-electron chi connectivity index (χ2n) is 5.05. The predicted octanol–water partition coefficient (Wildman–Crippen LogP) is 1.57. The van der Waals surface area contributed by atoms with E-state index in [9.17, 15) is 0 Å². The maximum atomic E-state index is 4.34. The lowest BCUT2D eigenvalue weighted by Crippen LogP contribution is -2.38. The van der Waals surface area contributed by atoms with E-state index in [0.29, 0.717) is 0 Å². The lowest BCUT2D eigenvalue weighted by molar-refractivity contribution is 0.461. The SMILES string of the molecule is CN=C(NCc1ccn(C)c1)N(C)Cc1cccn1C. The number of aliphatic imine (C=N–C) groups is 1. The minimum absolute atomic E-state index is 0.783. The van der Waals surface area contributed by atoms with E-state index < -0.39 is 0 Å². The average molecular weight is 273 g/mol. The minimum atomic E-state index is 0.783. The third-order valence-corrected chi connectivity index (χ3v) is 3.37. The van der Waals surface area contributed by atoms with E-state index in [0.717, 1.165) is 19.0 Å². The lowest BCUT2D eigenvalue weighted by atomic mass is 10.3. The van der Waals surface area contributed by atoms with Gasteiger partial charge < -0.3 is 19.4 Å². The Morgan fingerprint density at radius 1 is 1.30 bits per heavy atom. The molecule has 0 radical (unpaired) electrons. The molecular weight excluding hydrogens is 250 g/mol. The number of rotatable bonds is 4. The molecule has 0 aliphatic heterocycles. The summed E-state index contributed by atoms with van der Waals surface area (Å²) in [6.07, 6.45) is 6.22. The minimum Gasteiger partial charge on any atom is -0.357 e. The number of nitrogens with one attached hydrogen (secondary N) is 1. The predicted molar refractivity (Wildman–Crippen MR) is 82.5 cm³/mol. The monoisotopic (exact) mass is 273 g/mol. The van der Waals surface area contributed by atoms with E-state index in [-0.39, 0.29) is 0 Å². The number of hydrogen-bond donors (Lipinski definition) is 1. The van der Waals surface area contributed by atoms with Crippen molar-refractivity contribution in [3.63, 3.8) is 0 Å². The number of guanidine groups is 1. The molecule has 0 spiro atoms. The highest BCUT2D eigenvalue weighted by Crippen LogP contribution is 2.04. The van der Waals surface area contributed by atoms with Gasteiger partial charge in [-0.2, -0.15) is 0 Å². The van der Waals surface area contributed by atoms with Crippen molar-refractivity contribution in [3.05, 3.63) is 48.0 Å². The molecule has 1 N–H and O–H groups in total. The number of aryl methyl sites for hydroxylation is 2.